The van der Waals surface area contributed by atoms with Crippen LogP contribution in [-0.2, 0) is 17.8 Å². The number of hydrogen-bond donors (Lipinski definition) is 0. The standard InChI is InChI=1S/C24H26ClFN6O2/c1-16(13-26)34-24(33)31-14-18-12-19(25)5-6-20(18)32-22(15-31)28-29-23(32)17-7-10-30(11-8-17)21-4-2-3-9-27-21/h2-6,9,12,16-17H,7-8,10-11,13-15H2,1H3/t16-/m1/s1. The molecule has 0 unspecified atom stereocenters. The molecule has 178 valence electrons. The van der Waals surface area contributed by atoms with Crippen molar-refractivity contribution in [2.45, 2.75) is 44.9 Å². The number of hydrogen-bond acceptors (Lipinski definition) is 6. The number of rotatable bonds is 4. The lowest BCUT2D eigenvalue weighted by atomic mass is 9.95. The van der Waals surface area contributed by atoms with Gasteiger partial charge < -0.3 is 9.64 Å². The second-order valence-electron chi connectivity index (χ2n) is 8.74. The highest BCUT2D eigenvalue weighted by atomic mass is 35.5. The van der Waals surface area contributed by atoms with Gasteiger partial charge in [-0.15, -0.1) is 10.2 Å². The molecule has 0 radical (unpaired) electrons. The minimum atomic E-state index is -0.813. The molecule has 1 aromatic carbocycles. The van der Waals surface area contributed by atoms with Crippen LogP contribution in [0.15, 0.2) is 42.6 Å². The molecule has 0 aliphatic carbocycles. The van der Waals surface area contributed by atoms with Crippen molar-refractivity contribution in [1.82, 2.24) is 24.6 Å². The third kappa shape index (κ3) is 4.44. The summed E-state index contributed by atoms with van der Waals surface area (Å²) >= 11 is 6.29. The second-order valence-corrected chi connectivity index (χ2v) is 9.17. The number of alkyl halides is 1. The van der Waals surface area contributed by atoms with Gasteiger partial charge in [0, 0.05) is 30.2 Å². The molecule has 34 heavy (non-hydrogen) atoms. The molecule has 0 N–H and O–H groups in total. The van der Waals surface area contributed by atoms with E-state index >= 15 is 0 Å². The van der Waals surface area contributed by atoms with Gasteiger partial charge in [0.25, 0.3) is 0 Å². The Hall–Kier alpha value is -3.20. The van der Waals surface area contributed by atoms with Gasteiger partial charge in [0.1, 0.15) is 24.4 Å². The number of ether oxygens (including phenoxy) is 1. The number of aromatic nitrogens is 4. The van der Waals surface area contributed by atoms with Crippen LogP contribution in [0.3, 0.4) is 0 Å². The van der Waals surface area contributed by atoms with E-state index in [0.29, 0.717) is 10.8 Å². The average molecular weight is 485 g/mol. The number of pyridine rings is 1. The molecule has 1 fully saturated rings. The van der Waals surface area contributed by atoms with Crippen molar-refractivity contribution in [2.75, 3.05) is 24.7 Å². The third-order valence-corrected chi connectivity index (χ3v) is 6.58. The van der Waals surface area contributed by atoms with Crippen LogP contribution in [-0.4, -0.2) is 56.6 Å². The lowest BCUT2D eigenvalue weighted by Crippen LogP contribution is -2.34. The molecule has 0 bridgehead atoms. The highest BCUT2D eigenvalue weighted by Gasteiger charge is 2.32. The van der Waals surface area contributed by atoms with Crippen LogP contribution < -0.4 is 4.90 Å². The monoisotopic (exact) mass is 484 g/mol. The summed E-state index contributed by atoms with van der Waals surface area (Å²) in [7, 11) is 0. The zero-order valence-corrected chi connectivity index (χ0v) is 19.7. The summed E-state index contributed by atoms with van der Waals surface area (Å²) in [4.78, 5) is 21.0. The van der Waals surface area contributed by atoms with Gasteiger partial charge in [-0.3, -0.25) is 9.47 Å². The first-order valence-electron chi connectivity index (χ1n) is 11.4. The summed E-state index contributed by atoms with van der Waals surface area (Å²) in [6.07, 6.45) is 2.24. The maximum Gasteiger partial charge on any atom is 0.410 e. The number of carbonyl (C=O) groups is 1. The van der Waals surface area contributed by atoms with Crippen molar-refractivity contribution < 1.29 is 13.9 Å². The Morgan fingerprint density at radius 3 is 2.76 bits per heavy atom. The second kappa shape index (κ2) is 9.58. The summed E-state index contributed by atoms with van der Waals surface area (Å²) in [5.41, 5.74) is 1.77. The fraction of sp³-hybridized carbons (Fsp3) is 0.417. The van der Waals surface area contributed by atoms with Gasteiger partial charge in [-0.05, 0) is 55.7 Å². The molecule has 0 spiro atoms. The first-order chi connectivity index (χ1) is 16.5. The smallest absolute Gasteiger partial charge is 0.410 e. The van der Waals surface area contributed by atoms with Crippen molar-refractivity contribution in [2.24, 2.45) is 0 Å². The first kappa shape index (κ1) is 22.6. The van der Waals surface area contributed by atoms with Crippen molar-refractivity contribution in [3.05, 3.63) is 64.8 Å². The van der Waals surface area contributed by atoms with Crippen molar-refractivity contribution in [3.63, 3.8) is 0 Å². The van der Waals surface area contributed by atoms with E-state index in [0.717, 1.165) is 48.8 Å². The summed E-state index contributed by atoms with van der Waals surface area (Å²) in [6, 6.07) is 11.6. The highest BCUT2D eigenvalue weighted by Crippen LogP contribution is 2.34. The Kier molecular flexibility index (Phi) is 6.36. The number of benzene rings is 1. The lowest BCUT2D eigenvalue weighted by Gasteiger charge is -2.32. The minimum Gasteiger partial charge on any atom is -0.444 e. The molecule has 1 amide bonds. The number of carbonyl (C=O) groups excluding carboxylic acids is 1. The molecule has 2 aliphatic rings. The maximum absolute atomic E-state index is 12.9. The molecular formula is C24H26ClFN6O2. The molecule has 4 heterocycles. The molecule has 10 heteroatoms. The summed E-state index contributed by atoms with van der Waals surface area (Å²) in [5.74, 6) is 2.73. The topological polar surface area (TPSA) is 76.4 Å². The lowest BCUT2D eigenvalue weighted by molar-refractivity contribution is 0.0547. The number of fused-ring (bicyclic) bond motifs is 3. The van der Waals surface area contributed by atoms with Crippen LogP contribution in [0.4, 0.5) is 15.0 Å². The Morgan fingerprint density at radius 2 is 2.03 bits per heavy atom. The molecule has 2 aromatic heterocycles. The van der Waals surface area contributed by atoms with Gasteiger partial charge in [-0.25, -0.2) is 14.2 Å². The van der Waals surface area contributed by atoms with E-state index in [9.17, 15) is 9.18 Å². The van der Waals surface area contributed by atoms with Gasteiger partial charge in [0.2, 0.25) is 0 Å². The number of amides is 1. The zero-order chi connectivity index (χ0) is 23.7. The van der Waals surface area contributed by atoms with Crippen LogP contribution in [0.1, 0.15) is 42.9 Å². The summed E-state index contributed by atoms with van der Waals surface area (Å²) < 4.78 is 20.2. The Labute approximate surface area is 202 Å². The third-order valence-electron chi connectivity index (χ3n) is 6.34. The fourth-order valence-electron chi connectivity index (χ4n) is 4.61. The molecule has 0 saturated carbocycles. The van der Waals surface area contributed by atoms with Crippen molar-refractivity contribution in [1.29, 1.82) is 0 Å². The summed E-state index contributed by atoms with van der Waals surface area (Å²) in [6.45, 7) is 3.03. The Balaban J connectivity index is 1.43. The molecule has 1 saturated heterocycles. The Bertz CT molecular complexity index is 1170. The van der Waals surface area contributed by atoms with E-state index in [4.69, 9.17) is 16.3 Å². The van der Waals surface area contributed by atoms with Crippen LogP contribution in [0.5, 0.6) is 0 Å². The largest absolute Gasteiger partial charge is 0.444 e. The van der Waals surface area contributed by atoms with E-state index < -0.39 is 18.9 Å². The molecule has 3 aromatic rings. The highest BCUT2D eigenvalue weighted by molar-refractivity contribution is 6.30. The molecule has 1 atom stereocenters. The average Bonchev–Trinajstić information content (AvgIpc) is 3.20. The molecule has 2 aliphatic heterocycles. The quantitative estimate of drug-likeness (QED) is 0.542. The number of halogens is 2. The minimum absolute atomic E-state index is 0.212. The van der Waals surface area contributed by atoms with E-state index in [-0.39, 0.29) is 19.0 Å². The zero-order valence-electron chi connectivity index (χ0n) is 18.9. The van der Waals surface area contributed by atoms with E-state index in [2.05, 4.69) is 24.6 Å². The summed E-state index contributed by atoms with van der Waals surface area (Å²) in [5, 5.41) is 9.59. The SMILES string of the molecule is C[C@H](CF)OC(=O)N1Cc2cc(Cl)ccc2-n2c(nnc2C2CCN(c3ccccn3)CC2)C1. The molecule has 8 nitrogen and oxygen atoms in total. The van der Waals surface area contributed by atoms with Gasteiger partial charge in [-0.2, -0.15) is 0 Å². The van der Waals surface area contributed by atoms with Crippen LogP contribution in [0.25, 0.3) is 5.69 Å². The van der Waals surface area contributed by atoms with E-state index in [1.54, 1.807) is 0 Å². The number of nitrogens with zero attached hydrogens (tertiary/aromatic N) is 6. The van der Waals surface area contributed by atoms with Crippen LogP contribution in [0, 0.1) is 0 Å². The normalized spacial score (nSPS) is 17.0. The van der Waals surface area contributed by atoms with Crippen LogP contribution in [0.2, 0.25) is 5.02 Å². The molecular weight excluding hydrogens is 459 g/mol. The van der Waals surface area contributed by atoms with Gasteiger partial charge >= 0.3 is 6.09 Å². The number of anilines is 1. The van der Waals surface area contributed by atoms with Gasteiger partial charge in [-0.1, -0.05) is 17.7 Å². The number of piperidine rings is 1. The van der Waals surface area contributed by atoms with Gasteiger partial charge in [0.05, 0.1) is 18.8 Å². The maximum atomic E-state index is 12.9. The van der Waals surface area contributed by atoms with Gasteiger partial charge in [0.15, 0.2) is 5.82 Å². The Morgan fingerprint density at radius 1 is 1.21 bits per heavy atom. The fourth-order valence-corrected chi connectivity index (χ4v) is 4.80. The van der Waals surface area contributed by atoms with Crippen molar-refractivity contribution >= 4 is 23.5 Å². The predicted molar refractivity (Wildman–Crippen MR) is 126 cm³/mol. The van der Waals surface area contributed by atoms with E-state index in [1.807, 2.05) is 42.6 Å². The predicted octanol–water partition coefficient (Wildman–Crippen LogP) is 4.51. The van der Waals surface area contributed by atoms with Crippen LogP contribution >= 0.6 is 11.6 Å². The van der Waals surface area contributed by atoms with E-state index in [1.165, 1.54) is 11.8 Å². The first-order valence-corrected chi connectivity index (χ1v) is 11.8. The molecule has 5 rings (SSSR count). The van der Waals surface area contributed by atoms with Crippen molar-refractivity contribution in [3.8, 4) is 5.69 Å².